The maximum Gasteiger partial charge on any atom is 2.00 e. The van der Waals surface area contributed by atoms with Crippen LogP contribution in [0.3, 0.4) is 0 Å². The van der Waals surface area contributed by atoms with Crippen LogP contribution in [0.5, 0.6) is 11.5 Å². The number of rotatable bonds is 11. The third-order valence-electron chi connectivity index (χ3n) is 11.0. The van der Waals surface area contributed by atoms with Gasteiger partial charge in [-0.3, -0.25) is 4.68 Å². The first-order valence-corrected chi connectivity index (χ1v) is 20.1. The van der Waals surface area contributed by atoms with Crippen LogP contribution in [0.4, 0.5) is 0 Å². The number of benzene rings is 4. The van der Waals surface area contributed by atoms with Crippen LogP contribution in [-0.2, 0) is 38.3 Å². The van der Waals surface area contributed by atoms with Crippen LogP contribution in [-0.4, -0.2) is 19.3 Å². The molecule has 0 aliphatic heterocycles. The molecule has 0 saturated carbocycles. The topological polar surface area (TPSA) is 44.9 Å². The molecule has 7 aromatic rings. The standard InChI is InChI=1S/C50H56N4O.Pt/c1-11-13-15-18-33(3)36-21-24-45-43(27-36)42-23-22-40(32-46(42)53(45)47-30-37(25-26-51-47)49(5,6)7)55-41-29-38(50(8,9)10)28-39(31-41)54-44(12-2)48(34(4)52-54)35-19-16-14-17-20-35;/h14,16-17,19-30,33H,11-13,15,18H2,1-10H3;/q-2;+2. The minimum absolute atomic E-state index is 0. The fourth-order valence-corrected chi connectivity index (χ4v) is 7.75. The largest absolute Gasteiger partial charge is 2.00 e. The van der Waals surface area contributed by atoms with E-state index in [1.54, 1.807) is 0 Å². The van der Waals surface area contributed by atoms with Crippen LogP contribution in [0.25, 0.3) is 44.4 Å². The van der Waals surface area contributed by atoms with E-state index >= 15 is 0 Å². The van der Waals surface area contributed by atoms with Gasteiger partial charge >= 0.3 is 21.1 Å². The first kappa shape index (κ1) is 41.2. The van der Waals surface area contributed by atoms with Gasteiger partial charge in [0.15, 0.2) is 0 Å². The Labute approximate surface area is 348 Å². The van der Waals surface area contributed by atoms with Gasteiger partial charge in [-0.2, -0.15) is 11.2 Å². The molecule has 0 bridgehead atoms. The fraction of sp³-hybridized carbons (Fsp3) is 0.360. The van der Waals surface area contributed by atoms with Crippen molar-refractivity contribution < 1.29 is 25.8 Å². The number of fused-ring (bicyclic) bond motifs is 3. The van der Waals surface area contributed by atoms with E-state index in [0.29, 0.717) is 17.4 Å². The maximum atomic E-state index is 6.78. The first-order chi connectivity index (χ1) is 26.3. The van der Waals surface area contributed by atoms with Crippen LogP contribution >= 0.6 is 0 Å². The molecule has 7 rings (SSSR count). The number of aryl methyl sites for hydroxylation is 1. The number of aromatic nitrogens is 4. The number of nitrogens with zero attached hydrogens (tertiary/aromatic N) is 4. The zero-order chi connectivity index (χ0) is 39.1. The monoisotopic (exact) mass is 923 g/mol. The quantitative estimate of drug-likeness (QED) is 0.0959. The molecule has 4 aromatic carbocycles. The average Bonchev–Trinajstić information content (AvgIpc) is 3.67. The zero-order valence-corrected chi connectivity index (χ0v) is 37.1. The van der Waals surface area contributed by atoms with E-state index in [1.807, 2.05) is 12.3 Å². The number of hydrogen-bond donors (Lipinski definition) is 0. The molecule has 0 fully saturated rings. The second-order valence-corrected chi connectivity index (χ2v) is 17.3. The Balaban J connectivity index is 0.00000532. The number of pyridine rings is 1. The summed E-state index contributed by atoms with van der Waals surface area (Å²) in [5, 5.41) is 7.43. The summed E-state index contributed by atoms with van der Waals surface area (Å²) in [6, 6.07) is 37.7. The van der Waals surface area contributed by atoms with Gasteiger partial charge in [0.1, 0.15) is 5.82 Å². The third kappa shape index (κ3) is 8.30. The summed E-state index contributed by atoms with van der Waals surface area (Å²) in [5.41, 5.74) is 11.0. The fourth-order valence-electron chi connectivity index (χ4n) is 7.75. The SMILES string of the molecule is CCCCCC(C)c1ccc2c(c1)c1ccc(Oc3[c-]c(-n4nc(C)c(-c5ccccc5)c4CC)cc(C(C)(C)C)c3)[c-]c1n2-c1cc(C(C)(C)C)ccn1.[Pt+2]. The van der Waals surface area contributed by atoms with Gasteiger partial charge in [0.25, 0.3) is 0 Å². The Morgan fingerprint density at radius 2 is 1.52 bits per heavy atom. The molecule has 1 atom stereocenters. The molecule has 0 spiro atoms. The molecule has 0 amide bonds. The smallest absolute Gasteiger partial charge is 0.509 e. The molecule has 0 saturated heterocycles. The van der Waals surface area contributed by atoms with Gasteiger partial charge in [-0.15, -0.1) is 41.3 Å². The van der Waals surface area contributed by atoms with Crippen LogP contribution in [0.1, 0.15) is 122 Å². The summed E-state index contributed by atoms with van der Waals surface area (Å²) >= 11 is 0. The van der Waals surface area contributed by atoms with Crippen molar-refractivity contribution in [3.05, 3.63) is 131 Å². The van der Waals surface area contributed by atoms with Gasteiger partial charge in [0, 0.05) is 34.5 Å². The molecule has 3 aromatic heterocycles. The van der Waals surface area contributed by atoms with Crippen molar-refractivity contribution in [2.24, 2.45) is 0 Å². The van der Waals surface area contributed by atoms with E-state index in [0.717, 1.165) is 51.3 Å². The minimum Gasteiger partial charge on any atom is -0.509 e. The number of ether oxygens (including phenoxy) is 1. The van der Waals surface area contributed by atoms with Gasteiger partial charge < -0.3 is 9.30 Å². The minimum atomic E-state index is -0.131. The molecule has 0 aliphatic rings. The van der Waals surface area contributed by atoms with Crippen molar-refractivity contribution in [1.82, 2.24) is 19.3 Å². The Kier molecular flexibility index (Phi) is 12.2. The van der Waals surface area contributed by atoms with Gasteiger partial charge in [0.2, 0.25) is 0 Å². The average molecular weight is 924 g/mol. The molecule has 0 N–H and O–H groups in total. The predicted molar refractivity (Wildman–Crippen MR) is 229 cm³/mol. The van der Waals surface area contributed by atoms with Gasteiger partial charge in [-0.05, 0) is 82.5 Å². The molecular weight excluding hydrogens is 868 g/mol. The summed E-state index contributed by atoms with van der Waals surface area (Å²) < 4.78 is 11.1. The van der Waals surface area contributed by atoms with Crippen molar-refractivity contribution >= 4 is 21.8 Å². The molecule has 6 heteroatoms. The first-order valence-electron chi connectivity index (χ1n) is 20.1. The molecule has 0 radical (unpaired) electrons. The van der Waals surface area contributed by atoms with E-state index in [1.165, 1.54) is 53.3 Å². The molecule has 292 valence electrons. The Morgan fingerprint density at radius 1 is 0.768 bits per heavy atom. The summed E-state index contributed by atoms with van der Waals surface area (Å²) in [4.78, 5) is 4.93. The van der Waals surface area contributed by atoms with Crippen molar-refractivity contribution in [1.29, 1.82) is 0 Å². The Bertz CT molecular complexity index is 2460. The van der Waals surface area contributed by atoms with Crippen molar-refractivity contribution in [3.8, 4) is 34.1 Å². The van der Waals surface area contributed by atoms with E-state index in [9.17, 15) is 0 Å². The van der Waals surface area contributed by atoms with Crippen molar-refractivity contribution in [2.75, 3.05) is 0 Å². The number of hydrogen-bond acceptors (Lipinski definition) is 3. The van der Waals surface area contributed by atoms with E-state index in [-0.39, 0.29) is 31.9 Å². The number of unbranched alkanes of at least 4 members (excludes halogenated alkanes) is 2. The summed E-state index contributed by atoms with van der Waals surface area (Å²) in [7, 11) is 0. The normalized spacial score (nSPS) is 12.6. The zero-order valence-electron chi connectivity index (χ0n) is 34.8. The van der Waals surface area contributed by atoms with Crippen molar-refractivity contribution in [3.63, 3.8) is 0 Å². The van der Waals surface area contributed by atoms with E-state index < -0.39 is 0 Å². The molecule has 1 unspecified atom stereocenters. The Hall–Kier alpha value is -4.47. The van der Waals surface area contributed by atoms with Gasteiger partial charge in [-0.25, -0.2) is 4.98 Å². The summed E-state index contributed by atoms with van der Waals surface area (Å²) in [6.45, 7) is 22.3. The summed E-state index contributed by atoms with van der Waals surface area (Å²) in [6.07, 6.45) is 7.70. The van der Waals surface area contributed by atoms with Crippen molar-refractivity contribution in [2.45, 2.75) is 118 Å². The van der Waals surface area contributed by atoms with E-state index in [2.05, 4.69) is 169 Å². The predicted octanol–water partition coefficient (Wildman–Crippen LogP) is 13.6. The molecule has 3 heterocycles. The van der Waals surface area contributed by atoms with Crippen LogP contribution in [0, 0.1) is 19.1 Å². The Morgan fingerprint density at radius 3 is 2.21 bits per heavy atom. The molecule has 0 aliphatic carbocycles. The molecule has 5 nitrogen and oxygen atoms in total. The van der Waals surface area contributed by atoms with Crippen LogP contribution in [0.15, 0.2) is 91.1 Å². The van der Waals surface area contributed by atoms with Gasteiger partial charge in [0.05, 0.1) is 5.69 Å². The second kappa shape index (κ2) is 16.6. The van der Waals surface area contributed by atoms with E-state index in [4.69, 9.17) is 14.8 Å². The van der Waals surface area contributed by atoms with Crippen LogP contribution < -0.4 is 4.74 Å². The third-order valence-corrected chi connectivity index (χ3v) is 11.0. The van der Waals surface area contributed by atoms with Gasteiger partial charge in [-0.1, -0.05) is 130 Å². The summed E-state index contributed by atoms with van der Waals surface area (Å²) in [5.74, 6) is 2.62. The second-order valence-electron chi connectivity index (χ2n) is 17.3. The molecular formula is C50H56N4OPt. The van der Waals surface area contributed by atoms with Crippen LogP contribution in [0.2, 0.25) is 0 Å². The maximum absolute atomic E-state index is 6.78. The molecule has 56 heavy (non-hydrogen) atoms.